The van der Waals surface area contributed by atoms with E-state index in [2.05, 4.69) is 5.32 Å². The molecule has 0 saturated carbocycles. The van der Waals surface area contributed by atoms with E-state index in [-0.39, 0.29) is 12.3 Å². The Kier molecular flexibility index (Phi) is 7.35. The van der Waals surface area contributed by atoms with Crippen LogP contribution in [0, 0.1) is 17.3 Å². The Labute approximate surface area is 125 Å². The molecule has 0 bridgehead atoms. The fourth-order valence-corrected chi connectivity index (χ4v) is 2.03. The van der Waals surface area contributed by atoms with Gasteiger partial charge in [-0.3, -0.25) is 14.8 Å². The molecule has 0 aromatic heterocycles. The molecule has 0 unspecified atom stereocenters. The van der Waals surface area contributed by atoms with Crippen molar-refractivity contribution in [3.8, 4) is 0 Å². The van der Waals surface area contributed by atoms with Crippen LogP contribution in [0.3, 0.4) is 0 Å². The maximum Gasteiger partial charge on any atom is 0.326 e. The number of nitrogens with one attached hydrogen (secondary N) is 2. The lowest BCUT2D eigenvalue weighted by Gasteiger charge is -2.29. The lowest BCUT2D eigenvalue weighted by molar-refractivity contribution is -0.146. The van der Waals surface area contributed by atoms with Crippen molar-refractivity contribution in [3.05, 3.63) is 0 Å². The van der Waals surface area contributed by atoms with Gasteiger partial charge >= 0.3 is 5.97 Å². The molecule has 0 aromatic rings. The number of hydroxylamine groups is 1. The number of carbonyl (C=O) groups excluding carboxylic acids is 2. The van der Waals surface area contributed by atoms with Crippen molar-refractivity contribution in [1.82, 2.24) is 10.8 Å². The van der Waals surface area contributed by atoms with Crippen LogP contribution in [0.4, 0.5) is 0 Å². The molecule has 0 aliphatic carbocycles. The van der Waals surface area contributed by atoms with Crippen LogP contribution in [-0.2, 0) is 14.4 Å². The van der Waals surface area contributed by atoms with Gasteiger partial charge in [-0.1, -0.05) is 34.6 Å². The molecule has 122 valence electrons. The van der Waals surface area contributed by atoms with Gasteiger partial charge in [0.15, 0.2) is 0 Å². The molecule has 7 nitrogen and oxygen atoms in total. The fraction of sp³-hybridized carbons (Fsp3) is 0.786. The van der Waals surface area contributed by atoms with E-state index >= 15 is 0 Å². The maximum atomic E-state index is 12.3. The van der Waals surface area contributed by atoms with Crippen LogP contribution in [-0.4, -0.2) is 34.1 Å². The number of hydrogen-bond donors (Lipinski definition) is 4. The first-order valence-electron chi connectivity index (χ1n) is 6.95. The minimum atomic E-state index is -1.12. The molecule has 4 N–H and O–H groups in total. The van der Waals surface area contributed by atoms with E-state index in [1.54, 1.807) is 20.8 Å². The van der Waals surface area contributed by atoms with Crippen molar-refractivity contribution in [1.29, 1.82) is 0 Å². The van der Waals surface area contributed by atoms with Crippen molar-refractivity contribution >= 4 is 17.8 Å². The van der Waals surface area contributed by atoms with Gasteiger partial charge in [0.25, 0.3) is 0 Å². The largest absolute Gasteiger partial charge is 0.480 e. The minimum Gasteiger partial charge on any atom is -0.480 e. The van der Waals surface area contributed by atoms with Gasteiger partial charge in [-0.15, -0.1) is 0 Å². The Morgan fingerprint density at radius 3 is 2.00 bits per heavy atom. The number of hydrogen-bond acceptors (Lipinski definition) is 4. The predicted molar refractivity (Wildman–Crippen MR) is 76.5 cm³/mol. The molecule has 7 heteroatoms. The number of carboxylic acid groups (broad SMARTS) is 1. The van der Waals surface area contributed by atoms with Crippen LogP contribution < -0.4 is 10.8 Å². The Balaban J connectivity index is 5.01. The van der Waals surface area contributed by atoms with Crippen LogP contribution in [0.5, 0.6) is 0 Å². The minimum absolute atomic E-state index is 0.158. The van der Waals surface area contributed by atoms with E-state index < -0.39 is 35.2 Å². The number of aliphatic carboxylic acids is 1. The summed E-state index contributed by atoms with van der Waals surface area (Å²) in [5, 5.41) is 20.3. The predicted octanol–water partition coefficient (Wildman–Crippen LogP) is 1.16. The Bertz CT molecular complexity index is 387. The Morgan fingerprint density at radius 1 is 1.14 bits per heavy atom. The normalized spacial score (nSPS) is 14.4. The molecule has 0 saturated heterocycles. The summed E-state index contributed by atoms with van der Waals surface area (Å²) < 4.78 is 0. The number of amides is 2. The molecule has 0 aliphatic rings. The first kappa shape index (κ1) is 19.4. The molecule has 0 rings (SSSR count). The smallest absolute Gasteiger partial charge is 0.326 e. The maximum absolute atomic E-state index is 12.3. The highest BCUT2D eigenvalue weighted by molar-refractivity contribution is 5.88. The molecule has 0 radical (unpaired) electrons. The quantitative estimate of drug-likeness (QED) is 0.416. The van der Waals surface area contributed by atoms with Gasteiger partial charge < -0.3 is 10.4 Å². The van der Waals surface area contributed by atoms with E-state index in [4.69, 9.17) is 5.21 Å². The van der Waals surface area contributed by atoms with Gasteiger partial charge in [0.1, 0.15) is 6.04 Å². The average Bonchev–Trinajstić information content (AvgIpc) is 2.32. The van der Waals surface area contributed by atoms with Crippen LogP contribution in [0.15, 0.2) is 0 Å². The van der Waals surface area contributed by atoms with Crippen molar-refractivity contribution in [2.45, 2.75) is 53.5 Å². The lowest BCUT2D eigenvalue weighted by atomic mass is 9.85. The van der Waals surface area contributed by atoms with Gasteiger partial charge in [0.2, 0.25) is 11.8 Å². The molecule has 0 heterocycles. The second-order valence-electron chi connectivity index (χ2n) is 6.71. The van der Waals surface area contributed by atoms with Crippen molar-refractivity contribution < 1.29 is 24.7 Å². The highest BCUT2D eigenvalue weighted by Crippen LogP contribution is 2.22. The van der Waals surface area contributed by atoms with Gasteiger partial charge in [0, 0.05) is 12.3 Å². The molecular weight excluding hydrogens is 276 g/mol. The zero-order chi connectivity index (χ0) is 16.8. The molecule has 21 heavy (non-hydrogen) atoms. The summed E-state index contributed by atoms with van der Waals surface area (Å²) in [5.41, 5.74) is 0.845. The fourth-order valence-electron chi connectivity index (χ4n) is 2.03. The van der Waals surface area contributed by atoms with E-state index in [1.807, 2.05) is 13.8 Å². The molecule has 0 fully saturated rings. The zero-order valence-corrected chi connectivity index (χ0v) is 13.3. The van der Waals surface area contributed by atoms with Crippen molar-refractivity contribution in [3.63, 3.8) is 0 Å². The second kappa shape index (κ2) is 7.97. The van der Waals surface area contributed by atoms with Gasteiger partial charge in [-0.05, 0) is 17.8 Å². The van der Waals surface area contributed by atoms with Crippen molar-refractivity contribution in [2.24, 2.45) is 17.3 Å². The van der Waals surface area contributed by atoms with E-state index in [1.165, 1.54) is 5.48 Å². The summed E-state index contributed by atoms with van der Waals surface area (Å²) in [4.78, 5) is 34.8. The summed E-state index contributed by atoms with van der Waals surface area (Å²) in [6.45, 7) is 8.93. The first-order valence-corrected chi connectivity index (χ1v) is 6.95. The molecular formula is C14H26N2O5. The van der Waals surface area contributed by atoms with Crippen LogP contribution in [0.2, 0.25) is 0 Å². The monoisotopic (exact) mass is 302 g/mol. The lowest BCUT2D eigenvalue weighted by Crippen LogP contribution is -2.51. The zero-order valence-electron chi connectivity index (χ0n) is 13.3. The number of rotatable bonds is 7. The highest BCUT2D eigenvalue weighted by Gasteiger charge is 2.34. The average molecular weight is 302 g/mol. The van der Waals surface area contributed by atoms with E-state index in [0.29, 0.717) is 6.42 Å². The SMILES string of the molecule is CC(C)C[C@@H](CC(=O)NO)C(=O)N[C@H](C(=O)O)C(C)(C)C. The second-order valence-corrected chi connectivity index (χ2v) is 6.71. The highest BCUT2D eigenvalue weighted by atomic mass is 16.5. The third-order valence-corrected chi connectivity index (χ3v) is 3.08. The molecule has 2 atom stereocenters. The summed E-state index contributed by atoms with van der Waals surface area (Å²) >= 11 is 0. The standard InChI is InChI=1S/C14H26N2O5/c1-8(2)6-9(7-10(17)16-21)12(18)15-11(13(19)20)14(3,4)5/h8-9,11,21H,6-7H2,1-5H3,(H,15,18)(H,16,17)(H,19,20)/t9-,11+/m0/s1. The van der Waals surface area contributed by atoms with E-state index in [0.717, 1.165) is 0 Å². The van der Waals surface area contributed by atoms with Gasteiger partial charge in [0.05, 0.1) is 0 Å². The van der Waals surface area contributed by atoms with Gasteiger partial charge in [-0.2, -0.15) is 0 Å². The summed E-state index contributed by atoms with van der Waals surface area (Å²) in [6.07, 6.45) is 0.243. The first-order chi connectivity index (χ1) is 9.48. The third kappa shape index (κ3) is 7.08. The molecule has 0 aromatic carbocycles. The summed E-state index contributed by atoms with van der Waals surface area (Å²) in [7, 11) is 0. The Hall–Kier alpha value is -1.63. The van der Waals surface area contributed by atoms with E-state index in [9.17, 15) is 19.5 Å². The summed E-state index contributed by atoms with van der Waals surface area (Å²) in [5.74, 6) is -2.80. The topological polar surface area (TPSA) is 116 Å². The number of carboxylic acids is 1. The van der Waals surface area contributed by atoms with Crippen LogP contribution >= 0.6 is 0 Å². The van der Waals surface area contributed by atoms with Gasteiger partial charge in [-0.25, -0.2) is 10.3 Å². The van der Waals surface area contributed by atoms with Crippen molar-refractivity contribution in [2.75, 3.05) is 0 Å². The molecule has 0 spiro atoms. The van der Waals surface area contributed by atoms with Crippen LogP contribution in [0.1, 0.15) is 47.5 Å². The number of carbonyl (C=O) groups is 3. The summed E-state index contributed by atoms with van der Waals surface area (Å²) in [6, 6.07) is -1.04. The third-order valence-electron chi connectivity index (χ3n) is 3.08. The Morgan fingerprint density at radius 2 is 1.67 bits per heavy atom. The van der Waals surface area contributed by atoms with Crippen LogP contribution in [0.25, 0.3) is 0 Å². The molecule has 0 aliphatic heterocycles. The molecule has 2 amide bonds.